The number of benzene rings is 1. The number of aromatic nitrogens is 4. The highest BCUT2D eigenvalue weighted by Gasteiger charge is 2.08. The number of pyridine rings is 1. The molecule has 0 bridgehead atoms. The third kappa shape index (κ3) is 3.07. The first-order valence-corrected chi connectivity index (χ1v) is 6.90. The Morgan fingerprint density at radius 2 is 2.19 bits per heavy atom. The fourth-order valence-electron chi connectivity index (χ4n) is 1.79. The first-order valence-electron chi connectivity index (χ1n) is 6.12. The molecule has 0 aliphatic heterocycles. The van der Waals surface area contributed by atoms with Crippen LogP contribution in [-0.2, 0) is 0 Å². The highest BCUT2D eigenvalue weighted by atomic mass is 35.5. The first kappa shape index (κ1) is 13.7. The molecule has 0 radical (unpaired) electrons. The van der Waals surface area contributed by atoms with Crippen LogP contribution in [0.3, 0.4) is 0 Å². The van der Waals surface area contributed by atoms with Crippen LogP contribution < -0.4 is 0 Å². The number of hydrogen-bond acceptors (Lipinski definition) is 4. The van der Waals surface area contributed by atoms with E-state index in [1.54, 1.807) is 29.4 Å². The SMILES string of the molecule is S=c1[nH]nc(-c2cccc(Cl)c2)n1N=Cc1cccnc1. The normalized spacial score (nSPS) is 11.1. The van der Waals surface area contributed by atoms with Crippen molar-refractivity contribution in [1.82, 2.24) is 19.9 Å². The molecule has 104 valence electrons. The van der Waals surface area contributed by atoms with E-state index in [1.165, 1.54) is 0 Å². The van der Waals surface area contributed by atoms with Crippen LogP contribution in [0.5, 0.6) is 0 Å². The molecule has 21 heavy (non-hydrogen) atoms. The van der Waals surface area contributed by atoms with Gasteiger partial charge in [0.05, 0.1) is 6.21 Å². The van der Waals surface area contributed by atoms with E-state index >= 15 is 0 Å². The number of halogens is 1. The number of hydrogen-bond donors (Lipinski definition) is 1. The lowest BCUT2D eigenvalue weighted by Gasteiger charge is -2.01. The lowest BCUT2D eigenvalue weighted by atomic mass is 10.2. The lowest BCUT2D eigenvalue weighted by molar-refractivity contribution is 0.871. The summed E-state index contributed by atoms with van der Waals surface area (Å²) in [5, 5.41) is 11.9. The molecule has 0 saturated carbocycles. The number of nitrogens with zero attached hydrogens (tertiary/aromatic N) is 4. The van der Waals surface area contributed by atoms with Crippen LogP contribution >= 0.6 is 23.8 Å². The molecular weight excluding hydrogens is 306 g/mol. The van der Waals surface area contributed by atoms with Crippen molar-refractivity contribution in [3.05, 3.63) is 64.1 Å². The third-order valence-electron chi connectivity index (χ3n) is 2.74. The number of rotatable bonds is 3. The van der Waals surface area contributed by atoms with Gasteiger partial charge in [0.1, 0.15) is 0 Å². The van der Waals surface area contributed by atoms with E-state index in [9.17, 15) is 0 Å². The van der Waals surface area contributed by atoms with Crippen LogP contribution in [0, 0.1) is 4.77 Å². The molecule has 2 aromatic heterocycles. The smallest absolute Gasteiger partial charge is 0.216 e. The van der Waals surface area contributed by atoms with E-state index in [4.69, 9.17) is 23.8 Å². The first-order chi connectivity index (χ1) is 10.2. The second-order valence-corrected chi connectivity index (χ2v) is 5.03. The Kier molecular flexibility index (Phi) is 3.89. The van der Waals surface area contributed by atoms with Crippen molar-refractivity contribution in [2.75, 3.05) is 0 Å². The van der Waals surface area contributed by atoms with Crippen molar-refractivity contribution >= 4 is 30.0 Å². The van der Waals surface area contributed by atoms with E-state index in [-0.39, 0.29) is 0 Å². The average molecular weight is 316 g/mol. The van der Waals surface area contributed by atoms with Gasteiger partial charge in [-0.15, -0.1) is 0 Å². The van der Waals surface area contributed by atoms with Crippen LogP contribution in [0.25, 0.3) is 11.4 Å². The Morgan fingerprint density at radius 1 is 1.29 bits per heavy atom. The topological polar surface area (TPSA) is 58.9 Å². The molecule has 0 fully saturated rings. The molecule has 7 heteroatoms. The largest absolute Gasteiger partial charge is 0.264 e. The lowest BCUT2D eigenvalue weighted by Crippen LogP contribution is -1.95. The zero-order valence-electron chi connectivity index (χ0n) is 10.8. The van der Waals surface area contributed by atoms with Crippen molar-refractivity contribution in [3.63, 3.8) is 0 Å². The summed E-state index contributed by atoms with van der Waals surface area (Å²) in [7, 11) is 0. The van der Waals surface area contributed by atoms with Gasteiger partial charge in [-0.2, -0.15) is 14.9 Å². The van der Waals surface area contributed by atoms with E-state index in [1.807, 2.05) is 30.3 Å². The maximum absolute atomic E-state index is 6.01. The quantitative estimate of drug-likeness (QED) is 0.594. The van der Waals surface area contributed by atoms with Gasteiger partial charge < -0.3 is 0 Å². The summed E-state index contributed by atoms with van der Waals surface area (Å²) >= 11 is 11.2. The van der Waals surface area contributed by atoms with E-state index in [0.29, 0.717) is 15.6 Å². The van der Waals surface area contributed by atoms with Crippen molar-refractivity contribution < 1.29 is 0 Å². The van der Waals surface area contributed by atoms with E-state index in [0.717, 1.165) is 11.1 Å². The molecule has 0 aliphatic rings. The molecule has 0 atom stereocenters. The summed E-state index contributed by atoms with van der Waals surface area (Å²) in [5.74, 6) is 0.600. The van der Waals surface area contributed by atoms with Crippen molar-refractivity contribution in [2.45, 2.75) is 0 Å². The Labute approximate surface area is 130 Å². The molecule has 1 aromatic carbocycles. The van der Waals surface area contributed by atoms with Gasteiger partial charge >= 0.3 is 0 Å². The van der Waals surface area contributed by atoms with Gasteiger partial charge in [-0.3, -0.25) is 4.98 Å². The fourth-order valence-corrected chi connectivity index (χ4v) is 2.16. The van der Waals surface area contributed by atoms with Crippen LogP contribution in [0.1, 0.15) is 5.56 Å². The minimum atomic E-state index is 0.408. The van der Waals surface area contributed by atoms with Gasteiger partial charge in [0.2, 0.25) is 4.77 Å². The molecule has 0 unspecified atom stereocenters. The van der Waals surface area contributed by atoms with Gasteiger partial charge in [-0.1, -0.05) is 29.8 Å². The number of H-pyrrole nitrogens is 1. The molecule has 0 amide bonds. The fraction of sp³-hybridized carbons (Fsp3) is 0. The second-order valence-electron chi connectivity index (χ2n) is 4.21. The molecule has 3 aromatic rings. The summed E-state index contributed by atoms with van der Waals surface area (Å²) in [6.45, 7) is 0. The Morgan fingerprint density at radius 3 is 2.95 bits per heavy atom. The maximum Gasteiger partial charge on any atom is 0.216 e. The predicted molar refractivity (Wildman–Crippen MR) is 85.1 cm³/mol. The Bertz CT molecular complexity index is 838. The van der Waals surface area contributed by atoms with Crippen LogP contribution in [0.15, 0.2) is 53.9 Å². The van der Waals surface area contributed by atoms with Crippen LogP contribution in [0.2, 0.25) is 5.02 Å². The molecule has 3 rings (SSSR count). The van der Waals surface area contributed by atoms with Gasteiger partial charge in [0.25, 0.3) is 0 Å². The molecule has 1 N–H and O–H groups in total. The highest BCUT2D eigenvalue weighted by molar-refractivity contribution is 7.71. The molecule has 2 heterocycles. The molecule has 0 spiro atoms. The van der Waals surface area contributed by atoms with Crippen LogP contribution in [-0.4, -0.2) is 26.1 Å². The Hall–Kier alpha value is -2.31. The highest BCUT2D eigenvalue weighted by Crippen LogP contribution is 2.21. The summed E-state index contributed by atoms with van der Waals surface area (Å²) in [6.07, 6.45) is 5.09. The minimum Gasteiger partial charge on any atom is -0.264 e. The Balaban J connectivity index is 2.02. The average Bonchev–Trinajstić information content (AvgIpc) is 2.87. The standard InChI is InChI=1S/C14H10ClN5S/c15-12-5-1-4-11(7-12)13-18-19-14(21)20(13)17-9-10-3-2-6-16-8-10/h1-9H,(H,19,21). The van der Waals surface area contributed by atoms with Gasteiger partial charge in [-0.25, -0.2) is 5.10 Å². The van der Waals surface area contributed by atoms with Crippen LogP contribution in [0.4, 0.5) is 0 Å². The minimum absolute atomic E-state index is 0.408. The molecular formula is C14H10ClN5S. The summed E-state index contributed by atoms with van der Waals surface area (Å²) in [5.41, 5.74) is 1.70. The van der Waals surface area contributed by atoms with Gasteiger partial charge in [0, 0.05) is 28.5 Å². The van der Waals surface area contributed by atoms with E-state index < -0.39 is 0 Å². The monoisotopic (exact) mass is 315 g/mol. The maximum atomic E-state index is 6.01. The van der Waals surface area contributed by atoms with Gasteiger partial charge in [-0.05, 0) is 30.4 Å². The number of aromatic amines is 1. The second kappa shape index (κ2) is 5.99. The van der Waals surface area contributed by atoms with Crippen molar-refractivity contribution in [2.24, 2.45) is 5.10 Å². The summed E-state index contributed by atoms with van der Waals surface area (Å²) < 4.78 is 1.96. The molecule has 0 saturated heterocycles. The molecule has 0 aliphatic carbocycles. The zero-order valence-corrected chi connectivity index (χ0v) is 12.3. The zero-order chi connectivity index (χ0) is 14.7. The van der Waals surface area contributed by atoms with Crippen molar-refractivity contribution in [1.29, 1.82) is 0 Å². The summed E-state index contributed by atoms with van der Waals surface area (Å²) in [6, 6.07) is 11.1. The van der Waals surface area contributed by atoms with Gasteiger partial charge in [0.15, 0.2) is 5.82 Å². The predicted octanol–water partition coefficient (Wildman–Crippen LogP) is 3.54. The third-order valence-corrected chi connectivity index (χ3v) is 3.24. The molecule has 5 nitrogen and oxygen atoms in total. The van der Waals surface area contributed by atoms with Crippen molar-refractivity contribution in [3.8, 4) is 11.4 Å². The summed E-state index contributed by atoms with van der Waals surface area (Å²) in [4.78, 5) is 4.03. The van der Waals surface area contributed by atoms with E-state index in [2.05, 4.69) is 20.3 Å². The number of nitrogens with one attached hydrogen (secondary N) is 1.